The molecular weight excluding hydrogens is 274 g/mol. The molecule has 0 radical (unpaired) electrons. The van der Waals surface area contributed by atoms with Crippen molar-refractivity contribution < 1.29 is 4.79 Å². The number of piperidine rings is 1. The van der Waals surface area contributed by atoms with Crippen LogP contribution < -0.4 is 11.1 Å². The number of nitrogens with two attached hydrogens (primary N) is 1. The second kappa shape index (κ2) is 8.25. The van der Waals surface area contributed by atoms with Crippen LogP contribution in [0.3, 0.4) is 0 Å². The standard InChI is InChI=1S/C15H23N3O.ClH/c1-12-3-2-4-14(9-12)17-15(19)11-18-7-5-13(10-16)6-8-18;/h2-4,9,13H,5-8,10-11,16H2,1H3,(H,17,19);1H. The molecule has 1 aromatic rings. The highest BCUT2D eigenvalue weighted by Crippen LogP contribution is 2.15. The van der Waals surface area contributed by atoms with Gasteiger partial charge in [-0.2, -0.15) is 0 Å². The maximum atomic E-state index is 12.0. The van der Waals surface area contributed by atoms with Gasteiger partial charge in [0.2, 0.25) is 5.91 Å². The first-order valence-electron chi connectivity index (χ1n) is 6.96. The number of nitrogens with one attached hydrogen (secondary N) is 1. The van der Waals surface area contributed by atoms with Crippen LogP contribution in [0.1, 0.15) is 18.4 Å². The summed E-state index contributed by atoms with van der Waals surface area (Å²) in [6.07, 6.45) is 2.21. The third kappa shape index (κ3) is 5.12. The van der Waals surface area contributed by atoms with E-state index in [-0.39, 0.29) is 18.3 Å². The fourth-order valence-corrected chi connectivity index (χ4v) is 2.51. The second-order valence-electron chi connectivity index (χ2n) is 5.37. The Labute approximate surface area is 127 Å². The summed E-state index contributed by atoms with van der Waals surface area (Å²) < 4.78 is 0. The van der Waals surface area contributed by atoms with Gasteiger partial charge in [-0.25, -0.2) is 0 Å². The van der Waals surface area contributed by atoms with Crippen LogP contribution in [0.4, 0.5) is 5.69 Å². The van der Waals surface area contributed by atoms with Gasteiger partial charge in [0, 0.05) is 5.69 Å². The summed E-state index contributed by atoms with van der Waals surface area (Å²) in [5, 5.41) is 2.95. The lowest BCUT2D eigenvalue weighted by atomic mass is 9.97. The van der Waals surface area contributed by atoms with Crippen molar-refractivity contribution in [2.24, 2.45) is 11.7 Å². The summed E-state index contributed by atoms with van der Waals surface area (Å²) in [6.45, 7) is 5.22. The summed E-state index contributed by atoms with van der Waals surface area (Å²) in [5.41, 5.74) is 7.70. The summed E-state index contributed by atoms with van der Waals surface area (Å²) in [7, 11) is 0. The number of halogens is 1. The molecule has 0 bridgehead atoms. The van der Waals surface area contributed by atoms with E-state index in [1.165, 1.54) is 0 Å². The number of carbonyl (C=O) groups is 1. The predicted octanol–water partition coefficient (Wildman–Crippen LogP) is 2.03. The van der Waals surface area contributed by atoms with Gasteiger partial charge in [0.25, 0.3) is 0 Å². The molecule has 1 aliphatic rings. The maximum absolute atomic E-state index is 12.0. The Hall–Kier alpha value is -1.10. The Bertz CT molecular complexity index is 431. The van der Waals surface area contributed by atoms with Crippen LogP contribution in [0.15, 0.2) is 24.3 Å². The average Bonchev–Trinajstić information content (AvgIpc) is 2.39. The van der Waals surface area contributed by atoms with Crippen molar-refractivity contribution in [3.8, 4) is 0 Å². The SMILES string of the molecule is Cc1cccc(NC(=O)CN2CCC(CN)CC2)c1.Cl. The number of anilines is 1. The highest BCUT2D eigenvalue weighted by atomic mass is 35.5. The van der Waals surface area contributed by atoms with Crippen LogP contribution in [-0.4, -0.2) is 37.0 Å². The van der Waals surface area contributed by atoms with E-state index < -0.39 is 0 Å². The van der Waals surface area contributed by atoms with Crippen LogP contribution in [0.2, 0.25) is 0 Å². The number of carbonyl (C=O) groups excluding carboxylic acids is 1. The lowest BCUT2D eigenvalue weighted by molar-refractivity contribution is -0.117. The minimum absolute atomic E-state index is 0. The number of benzene rings is 1. The Morgan fingerprint density at radius 1 is 1.40 bits per heavy atom. The molecule has 5 heteroatoms. The molecule has 1 heterocycles. The molecule has 112 valence electrons. The van der Waals surface area contributed by atoms with E-state index in [0.29, 0.717) is 12.5 Å². The maximum Gasteiger partial charge on any atom is 0.238 e. The fraction of sp³-hybridized carbons (Fsp3) is 0.533. The van der Waals surface area contributed by atoms with Crippen LogP contribution in [-0.2, 0) is 4.79 Å². The molecule has 0 saturated carbocycles. The molecule has 1 aromatic carbocycles. The van der Waals surface area contributed by atoms with Gasteiger partial charge in [0.05, 0.1) is 6.54 Å². The van der Waals surface area contributed by atoms with Crippen LogP contribution in [0.25, 0.3) is 0 Å². The number of hydrogen-bond donors (Lipinski definition) is 2. The van der Waals surface area contributed by atoms with E-state index in [2.05, 4.69) is 10.2 Å². The lowest BCUT2D eigenvalue weighted by Gasteiger charge is -2.30. The van der Waals surface area contributed by atoms with Gasteiger partial charge >= 0.3 is 0 Å². The summed E-state index contributed by atoms with van der Waals surface area (Å²) in [4.78, 5) is 14.2. The fourth-order valence-electron chi connectivity index (χ4n) is 2.51. The molecule has 20 heavy (non-hydrogen) atoms. The second-order valence-corrected chi connectivity index (χ2v) is 5.37. The third-order valence-corrected chi connectivity index (χ3v) is 3.71. The Morgan fingerprint density at radius 2 is 2.10 bits per heavy atom. The van der Waals surface area contributed by atoms with Crippen molar-refractivity contribution in [3.05, 3.63) is 29.8 Å². The smallest absolute Gasteiger partial charge is 0.238 e. The molecule has 1 amide bonds. The van der Waals surface area contributed by atoms with Gasteiger partial charge in [-0.1, -0.05) is 12.1 Å². The molecule has 1 fully saturated rings. The highest BCUT2D eigenvalue weighted by molar-refractivity contribution is 5.92. The number of amides is 1. The Balaban J connectivity index is 0.00000200. The number of nitrogens with zero attached hydrogens (tertiary/aromatic N) is 1. The summed E-state index contributed by atoms with van der Waals surface area (Å²) >= 11 is 0. The molecule has 0 aliphatic carbocycles. The van der Waals surface area contributed by atoms with Crippen molar-refractivity contribution in [1.82, 2.24) is 4.90 Å². The van der Waals surface area contributed by atoms with Crippen molar-refractivity contribution in [2.45, 2.75) is 19.8 Å². The molecule has 0 aromatic heterocycles. The molecule has 2 rings (SSSR count). The minimum atomic E-state index is 0. The zero-order valence-corrected chi connectivity index (χ0v) is 12.8. The number of likely N-dealkylation sites (tertiary alicyclic amines) is 1. The van der Waals surface area contributed by atoms with E-state index in [9.17, 15) is 4.79 Å². The first-order chi connectivity index (χ1) is 9.17. The Kier molecular flexibility index (Phi) is 6.99. The van der Waals surface area contributed by atoms with Gasteiger partial charge in [-0.3, -0.25) is 9.69 Å². The molecule has 3 N–H and O–H groups in total. The molecule has 4 nitrogen and oxygen atoms in total. The van der Waals surface area contributed by atoms with Crippen LogP contribution in [0.5, 0.6) is 0 Å². The molecular formula is C15H24ClN3O. The van der Waals surface area contributed by atoms with Crippen LogP contribution in [0, 0.1) is 12.8 Å². The first-order valence-corrected chi connectivity index (χ1v) is 6.96. The van der Waals surface area contributed by atoms with Crippen molar-refractivity contribution >= 4 is 24.0 Å². The number of hydrogen-bond acceptors (Lipinski definition) is 3. The van der Waals surface area contributed by atoms with Gasteiger partial charge in [-0.15, -0.1) is 12.4 Å². The quantitative estimate of drug-likeness (QED) is 0.894. The van der Waals surface area contributed by atoms with Gasteiger partial charge < -0.3 is 11.1 Å². The molecule has 1 aliphatic heterocycles. The summed E-state index contributed by atoms with van der Waals surface area (Å²) in [6, 6.07) is 7.88. The number of aryl methyl sites for hydroxylation is 1. The van der Waals surface area contributed by atoms with Crippen LogP contribution >= 0.6 is 12.4 Å². The number of rotatable bonds is 4. The zero-order valence-electron chi connectivity index (χ0n) is 12.0. The van der Waals surface area contributed by atoms with Crippen molar-refractivity contribution in [3.63, 3.8) is 0 Å². The largest absolute Gasteiger partial charge is 0.330 e. The Morgan fingerprint density at radius 3 is 2.70 bits per heavy atom. The highest BCUT2D eigenvalue weighted by Gasteiger charge is 2.19. The van der Waals surface area contributed by atoms with Crippen molar-refractivity contribution in [2.75, 3.05) is 31.5 Å². The van der Waals surface area contributed by atoms with Crippen molar-refractivity contribution in [1.29, 1.82) is 0 Å². The zero-order chi connectivity index (χ0) is 13.7. The summed E-state index contributed by atoms with van der Waals surface area (Å²) in [5.74, 6) is 0.702. The van der Waals surface area contributed by atoms with E-state index >= 15 is 0 Å². The topological polar surface area (TPSA) is 58.4 Å². The average molecular weight is 298 g/mol. The predicted molar refractivity (Wildman–Crippen MR) is 85.3 cm³/mol. The van der Waals surface area contributed by atoms with Gasteiger partial charge in [0.15, 0.2) is 0 Å². The van der Waals surface area contributed by atoms with Gasteiger partial charge in [0.1, 0.15) is 0 Å². The third-order valence-electron chi connectivity index (χ3n) is 3.71. The molecule has 1 saturated heterocycles. The van der Waals surface area contributed by atoms with E-state index in [1.54, 1.807) is 0 Å². The minimum Gasteiger partial charge on any atom is -0.330 e. The lowest BCUT2D eigenvalue weighted by Crippen LogP contribution is -2.40. The van der Waals surface area contributed by atoms with Gasteiger partial charge in [-0.05, 0) is 63.0 Å². The van der Waals surface area contributed by atoms with E-state index in [4.69, 9.17) is 5.73 Å². The molecule has 0 spiro atoms. The molecule has 0 atom stereocenters. The van der Waals surface area contributed by atoms with E-state index in [1.807, 2.05) is 31.2 Å². The first kappa shape index (κ1) is 17.0. The van der Waals surface area contributed by atoms with E-state index in [0.717, 1.165) is 43.7 Å². The molecule has 0 unspecified atom stereocenters. The normalized spacial score (nSPS) is 16.5. The monoisotopic (exact) mass is 297 g/mol.